The summed E-state index contributed by atoms with van der Waals surface area (Å²) in [5.74, 6) is 0. The fourth-order valence-electron chi connectivity index (χ4n) is 6.31. The van der Waals surface area contributed by atoms with Gasteiger partial charge in [0.2, 0.25) is 0 Å². The van der Waals surface area contributed by atoms with Crippen molar-refractivity contribution in [3.63, 3.8) is 0 Å². The van der Waals surface area contributed by atoms with E-state index in [9.17, 15) is 0 Å². The van der Waals surface area contributed by atoms with Crippen LogP contribution < -0.4 is 0 Å². The molecule has 0 fully saturated rings. The van der Waals surface area contributed by atoms with E-state index in [2.05, 4.69) is 132 Å². The number of nitrogens with zero attached hydrogens (tertiary/aromatic N) is 1. The Kier molecular flexibility index (Phi) is 4.80. The molecule has 9 rings (SSSR count). The minimum Gasteiger partial charge on any atom is -0.455 e. The van der Waals surface area contributed by atoms with Crippen LogP contribution in [0.3, 0.4) is 0 Å². The van der Waals surface area contributed by atoms with Gasteiger partial charge in [0.05, 0.1) is 15.7 Å². The summed E-state index contributed by atoms with van der Waals surface area (Å²) in [6.07, 6.45) is 0. The molecule has 3 heteroatoms. The van der Waals surface area contributed by atoms with Gasteiger partial charge in [0, 0.05) is 37.5 Å². The Morgan fingerprint density at radius 1 is 0.512 bits per heavy atom. The molecule has 3 heterocycles. The fourth-order valence-corrected chi connectivity index (χ4v) is 7.57. The molecule has 0 aliphatic rings. The Bertz CT molecular complexity index is 2410. The van der Waals surface area contributed by atoms with Gasteiger partial charge in [-0.3, -0.25) is 0 Å². The maximum absolute atomic E-state index is 6.29. The third kappa shape index (κ3) is 3.36. The first kappa shape index (κ1) is 22.7. The summed E-state index contributed by atoms with van der Waals surface area (Å²) in [7, 11) is 0. The van der Waals surface area contributed by atoms with Crippen LogP contribution in [0.1, 0.15) is 0 Å². The van der Waals surface area contributed by atoms with Gasteiger partial charge >= 0.3 is 0 Å². The molecule has 0 saturated heterocycles. The second kappa shape index (κ2) is 8.69. The second-order valence-corrected chi connectivity index (χ2v) is 11.6. The van der Waals surface area contributed by atoms with Crippen molar-refractivity contribution in [2.45, 2.75) is 0 Å². The van der Waals surface area contributed by atoms with Crippen LogP contribution in [0.15, 0.2) is 144 Å². The van der Waals surface area contributed by atoms with Crippen molar-refractivity contribution >= 4 is 64.5 Å². The number of rotatable bonds is 3. The number of hydrogen-bond acceptors (Lipinski definition) is 2. The van der Waals surface area contributed by atoms with Crippen molar-refractivity contribution in [1.29, 1.82) is 0 Å². The summed E-state index contributed by atoms with van der Waals surface area (Å²) in [4.78, 5) is 0. The van der Waals surface area contributed by atoms with Gasteiger partial charge in [-0.2, -0.15) is 0 Å². The molecule has 41 heavy (non-hydrogen) atoms. The Morgan fingerprint density at radius 3 is 2.10 bits per heavy atom. The van der Waals surface area contributed by atoms with Crippen LogP contribution in [0.2, 0.25) is 0 Å². The lowest BCUT2D eigenvalue weighted by Gasteiger charge is -2.08. The first-order valence-corrected chi connectivity index (χ1v) is 14.7. The van der Waals surface area contributed by atoms with Gasteiger partial charge in [0.25, 0.3) is 0 Å². The van der Waals surface area contributed by atoms with Crippen LogP contribution in [0.5, 0.6) is 0 Å². The summed E-state index contributed by atoms with van der Waals surface area (Å²) in [6, 6.07) is 49.9. The van der Waals surface area contributed by atoms with Crippen LogP contribution in [0, 0.1) is 0 Å². The molecule has 3 aromatic heterocycles. The van der Waals surface area contributed by atoms with Crippen LogP contribution in [0.25, 0.3) is 81.1 Å². The van der Waals surface area contributed by atoms with E-state index in [4.69, 9.17) is 4.42 Å². The smallest absolute Gasteiger partial charge is 0.143 e. The van der Waals surface area contributed by atoms with Gasteiger partial charge in [0.1, 0.15) is 11.2 Å². The highest BCUT2D eigenvalue weighted by atomic mass is 32.1. The van der Waals surface area contributed by atoms with Crippen LogP contribution in [0.4, 0.5) is 0 Å². The van der Waals surface area contributed by atoms with E-state index < -0.39 is 0 Å². The Morgan fingerprint density at radius 2 is 1.22 bits per heavy atom. The van der Waals surface area contributed by atoms with Crippen molar-refractivity contribution in [1.82, 2.24) is 4.57 Å². The molecular weight excluding hydrogens is 518 g/mol. The van der Waals surface area contributed by atoms with Crippen LogP contribution in [-0.2, 0) is 0 Å². The van der Waals surface area contributed by atoms with E-state index in [1.165, 1.54) is 48.0 Å². The topological polar surface area (TPSA) is 18.1 Å². The lowest BCUT2D eigenvalue weighted by atomic mass is 9.98. The average molecular weight is 542 g/mol. The van der Waals surface area contributed by atoms with E-state index in [1.807, 2.05) is 23.5 Å². The highest BCUT2D eigenvalue weighted by Crippen LogP contribution is 2.43. The lowest BCUT2D eigenvalue weighted by molar-refractivity contribution is 0.670. The summed E-state index contributed by atoms with van der Waals surface area (Å²) in [6.45, 7) is 0. The second-order valence-electron chi connectivity index (χ2n) is 10.5. The molecule has 9 aromatic rings. The van der Waals surface area contributed by atoms with Crippen molar-refractivity contribution in [3.8, 4) is 27.9 Å². The molecule has 0 spiro atoms. The maximum Gasteiger partial charge on any atom is 0.143 e. The fraction of sp³-hybridized carbons (Fsp3) is 0. The predicted octanol–water partition coefficient (Wildman–Crippen LogP) is 11.2. The number of thiophene rings is 1. The first-order valence-electron chi connectivity index (χ1n) is 13.9. The Hall–Kier alpha value is -5.12. The quantitative estimate of drug-likeness (QED) is 0.217. The molecule has 0 aliphatic heterocycles. The third-order valence-electron chi connectivity index (χ3n) is 8.22. The van der Waals surface area contributed by atoms with E-state index in [1.54, 1.807) is 0 Å². The summed E-state index contributed by atoms with van der Waals surface area (Å²) in [5.41, 5.74) is 10.3. The summed E-state index contributed by atoms with van der Waals surface area (Å²) in [5, 5.41) is 4.91. The van der Waals surface area contributed by atoms with Crippen molar-refractivity contribution in [2.75, 3.05) is 0 Å². The third-order valence-corrected chi connectivity index (χ3v) is 9.40. The van der Waals surface area contributed by atoms with Gasteiger partial charge in [-0.1, -0.05) is 109 Å². The zero-order valence-corrected chi connectivity index (χ0v) is 22.9. The van der Waals surface area contributed by atoms with Gasteiger partial charge in [-0.15, -0.1) is 11.3 Å². The van der Waals surface area contributed by atoms with E-state index in [0.29, 0.717) is 0 Å². The van der Waals surface area contributed by atoms with Crippen molar-refractivity contribution in [2.24, 2.45) is 0 Å². The van der Waals surface area contributed by atoms with E-state index in [0.717, 1.165) is 33.1 Å². The molecule has 0 amide bonds. The van der Waals surface area contributed by atoms with Gasteiger partial charge in [-0.05, 0) is 47.0 Å². The molecule has 0 unspecified atom stereocenters. The standard InChI is InChI=1S/C38H23NOS/c1-2-9-27(10-3-1)39-33-15-6-4-12-31(33)38-36(39)32-22-21-26(23-35(32)41-38)24-17-19-25(20-18-24)28-13-8-14-30-29-11-5-7-16-34(29)40-37(28)30/h1-23H. The molecule has 0 saturated carbocycles. The normalized spacial score (nSPS) is 11.9. The Balaban J connectivity index is 1.16. The largest absolute Gasteiger partial charge is 0.455 e. The number of para-hydroxylation sites is 4. The molecule has 0 N–H and O–H groups in total. The van der Waals surface area contributed by atoms with Gasteiger partial charge in [0.15, 0.2) is 0 Å². The van der Waals surface area contributed by atoms with Crippen LogP contribution in [-0.4, -0.2) is 4.57 Å². The molecule has 2 nitrogen and oxygen atoms in total. The molecule has 192 valence electrons. The zero-order chi connectivity index (χ0) is 26.9. The molecular formula is C38H23NOS. The average Bonchev–Trinajstić information content (AvgIpc) is 3.70. The van der Waals surface area contributed by atoms with Crippen molar-refractivity contribution < 1.29 is 4.42 Å². The minimum absolute atomic E-state index is 0.927. The van der Waals surface area contributed by atoms with E-state index >= 15 is 0 Å². The van der Waals surface area contributed by atoms with E-state index in [-0.39, 0.29) is 0 Å². The summed E-state index contributed by atoms with van der Waals surface area (Å²) < 4.78 is 11.4. The highest BCUT2D eigenvalue weighted by Gasteiger charge is 2.18. The monoisotopic (exact) mass is 541 g/mol. The van der Waals surface area contributed by atoms with Gasteiger partial charge < -0.3 is 8.98 Å². The number of benzene rings is 6. The van der Waals surface area contributed by atoms with Crippen molar-refractivity contribution in [3.05, 3.63) is 140 Å². The SMILES string of the molecule is c1ccc(-n2c3ccccc3c3sc4cc(-c5ccc(-c6cccc7c6oc6ccccc67)cc5)ccc4c32)cc1. The van der Waals surface area contributed by atoms with Crippen LogP contribution >= 0.6 is 11.3 Å². The molecule has 0 aliphatic carbocycles. The molecule has 0 radical (unpaired) electrons. The maximum atomic E-state index is 6.29. The lowest BCUT2D eigenvalue weighted by Crippen LogP contribution is -1.92. The Labute approximate surface area is 240 Å². The zero-order valence-electron chi connectivity index (χ0n) is 22.0. The predicted molar refractivity (Wildman–Crippen MR) is 174 cm³/mol. The summed E-state index contributed by atoms with van der Waals surface area (Å²) >= 11 is 1.89. The first-order chi connectivity index (χ1) is 20.3. The molecule has 0 bridgehead atoms. The number of hydrogen-bond donors (Lipinski definition) is 0. The molecule has 0 atom stereocenters. The highest BCUT2D eigenvalue weighted by molar-refractivity contribution is 7.26. The number of aromatic nitrogens is 1. The van der Waals surface area contributed by atoms with Gasteiger partial charge in [-0.25, -0.2) is 0 Å². The minimum atomic E-state index is 0.927. The number of furan rings is 1. The number of fused-ring (bicyclic) bond motifs is 8. The molecule has 6 aromatic carbocycles.